The van der Waals surface area contributed by atoms with E-state index in [0.717, 1.165) is 22.2 Å². The lowest BCUT2D eigenvalue weighted by Gasteiger charge is -2.31. The molecule has 0 spiro atoms. The summed E-state index contributed by atoms with van der Waals surface area (Å²) >= 11 is 6.13. The van der Waals surface area contributed by atoms with Crippen molar-refractivity contribution in [2.45, 2.75) is 33.2 Å². The predicted molar refractivity (Wildman–Crippen MR) is 98.0 cm³/mol. The summed E-state index contributed by atoms with van der Waals surface area (Å²) in [6, 6.07) is 5.73. The van der Waals surface area contributed by atoms with Gasteiger partial charge in [-0.2, -0.15) is 0 Å². The van der Waals surface area contributed by atoms with Gasteiger partial charge in [-0.1, -0.05) is 11.6 Å². The normalized spacial score (nSPS) is 15.6. The quantitative estimate of drug-likeness (QED) is 0.783. The molecule has 1 aliphatic rings. The summed E-state index contributed by atoms with van der Waals surface area (Å²) in [5.74, 6) is -0.262. The molecule has 0 unspecified atom stereocenters. The van der Waals surface area contributed by atoms with Crippen molar-refractivity contribution in [1.82, 2.24) is 9.47 Å². The first-order chi connectivity index (χ1) is 12.0. The topological polar surface area (TPSA) is 51.5 Å². The van der Waals surface area contributed by atoms with Crippen LogP contribution in [-0.2, 0) is 16.1 Å². The van der Waals surface area contributed by atoms with E-state index in [0.29, 0.717) is 37.5 Å². The van der Waals surface area contributed by atoms with Gasteiger partial charge in [-0.3, -0.25) is 9.59 Å². The van der Waals surface area contributed by atoms with Crippen molar-refractivity contribution in [3.63, 3.8) is 0 Å². The zero-order valence-corrected chi connectivity index (χ0v) is 15.6. The van der Waals surface area contributed by atoms with Crippen molar-refractivity contribution >= 4 is 34.4 Å². The standard InChI is InChI=1S/C19H23ClN2O3/c1-4-22-16-6-5-14(20)11-15(16)12(2)17(22)18(23)21-9-7-13(8-10-21)19(24)25-3/h5-6,11,13H,4,7-10H2,1-3H3. The van der Waals surface area contributed by atoms with Crippen LogP contribution in [0.4, 0.5) is 0 Å². The van der Waals surface area contributed by atoms with Gasteiger partial charge in [0.2, 0.25) is 0 Å². The van der Waals surface area contributed by atoms with Crippen LogP contribution in [0, 0.1) is 12.8 Å². The number of ether oxygens (including phenoxy) is 1. The number of carbonyl (C=O) groups excluding carboxylic acids is 2. The maximum absolute atomic E-state index is 13.2. The number of hydrogen-bond acceptors (Lipinski definition) is 3. The van der Waals surface area contributed by atoms with Gasteiger partial charge >= 0.3 is 5.97 Å². The summed E-state index contributed by atoms with van der Waals surface area (Å²) in [6.07, 6.45) is 1.30. The molecule has 0 atom stereocenters. The second kappa shape index (κ2) is 7.08. The van der Waals surface area contributed by atoms with Gasteiger partial charge in [0.1, 0.15) is 5.69 Å². The maximum Gasteiger partial charge on any atom is 0.308 e. The minimum absolute atomic E-state index is 0.0231. The Morgan fingerprint density at radius 2 is 1.96 bits per heavy atom. The monoisotopic (exact) mass is 362 g/mol. The van der Waals surface area contributed by atoms with Crippen molar-refractivity contribution in [3.05, 3.63) is 34.5 Å². The number of aromatic nitrogens is 1. The second-order valence-corrected chi connectivity index (χ2v) is 6.91. The molecule has 2 heterocycles. The number of carbonyl (C=O) groups is 2. The first-order valence-corrected chi connectivity index (χ1v) is 9.01. The average molecular weight is 363 g/mol. The third-order valence-corrected chi connectivity index (χ3v) is 5.35. The van der Waals surface area contributed by atoms with Crippen LogP contribution < -0.4 is 0 Å². The average Bonchev–Trinajstić information content (AvgIpc) is 2.92. The number of methoxy groups -OCH3 is 1. The van der Waals surface area contributed by atoms with E-state index in [4.69, 9.17) is 16.3 Å². The lowest BCUT2D eigenvalue weighted by Crippen LogP contribution is -2.41. The maximum atomic E-state index is 13.2. The van der Waals surface area contributed by atoms with Gasteiger partial charge < -0.3 is 14.2 Å². The van der Waals surface area contributed by atoms with E-state index in [1.54, 1.807) is 0 Å². The molecular formula is C19H23ClN2O3. The SMILES string of the molecule is CCn1c(C(=O)N2CCC(C(=O)OC)CC2)c(C)c2cc(Cl)ccc21. The molecule has 1 saturated heterocycles. The fraction of sp³-hybridized carbons (Fsp3) is 0.474. The van der Waals surface area contributed by atoms with Crippen LogP contribution in [0.2, 0.25) is 5.02 Å². The fourth-order valence-electron chi connectivity index (χ4n) is 3.73. The number of rotatable bonds is 3. The molecule has 1 fully saturated rings. The highest BCUT2D eigenvalue weighted by atomic mass is 35.5. The largest absolute Gasteiger partial charge is 0.469 e. The molecule has 0 radical (unpaired) electrons. The van der Waals surface area contributed by atoms with Gasteiger partial charge in [0.15, 0.2) is 0 Å². The van der Waals surface area contributed by atoms with E-state index in [-0.39, 0.29) is 17.8 Å². The van der Waals surface area contributed by atoms with E-state index in [2.05, 4.69) is 4.57 Å². The summed E-state index contributed by atoms with van der Waals surface area (Å²) in [5.41, 5.74) is 2.70. The molecule has 3 rings (SSSR count). The minimum atomic E-state index is -0.180. The number of amides is 1. The first kappa shape index (κ1) is 17.8. The molecule has 0 N–H and O–H groups in total. The Kier molecular flexibility index (Phi) is 5.04. The van der Waals surface area contributed by atoms with E-state index in [1.807, 2.05) is 36.9 Å². The summed E-state index contributed by atoms with van der Waals surface area (Å²) in [4.78, 5) is 26.7. The summed E-state index contributed by atoms with van der Waals surface area (Å²) in [5, 5.41) is 1.68. The van der Waals surface area contributed by atoms with Gasteiger partial charge in [0, 0.05) is 35.6 Å². The molecule has 6 heteroatoms. The molecule has 1 amide bonds. The van der Waals surface area contributed by atoms with Gasteiger partial charge in [0.05, 0.1) is 13.0 Å². The van der Waals surface area contributed by atoms with Crippen LogP contribution in [0.5, 0.6) is 0 Å². The van der Waals surface area contributed by atoms with Gasteiger partial charge in [-0.25, -0.2) is 0 Å². The van der Waals surface area contributed by atoms with Crippen molar-refractivity contribution in [2.75, 3.05) is 20.2 Å². The number of halogens is 1. The van der Waals surface area contributed by atoms with Gasteiger partial charge in [-0.05, 0) is 50.5 Å². The smallest absolute Gasteiger partial charge is 0.308 e. The lowest BCUT2D eigenvalue weighted by molar-refractivity contribution is -0.146. The minimum Gasteiger partial charge on any atom is -0.469 e. The molecule has 0 saturated carbocycles. The van der Waals surface area contributed by atoms with Crippen LogP contribution in [0.1, 0.15) is 35.8 Å². The molecule has 5 nitrogen and oxygen atoms in total. The number of piperidine rings is 1. The van der Waals surface area contributed by atoms with Crippen molar-refractivity contribution in [3.8, 4) is 0 Å². The van der Waals surface area contributed by atoms with Crippen LogP contribution >= 0.6 is 11.6 Å². The Bertz CT molecular complexity index is 820. The molecule has 1 aromatic carbocycles. The highest BCUT2D eigenvalue weighted by Crippen LogP contribution is 2.30. The number of nitrogens with zero attached hydrogens (tertiary/aromatic N) is 2. The zero-order valence-electron chi connectivity index (χ0n) is 14.8. The molecule has 0 aliphatic carbocycles. The number of aryl methyl sites for hydroxylation is 2. The molecular weight excluding hydrogens is 340 g/mol. The molecule has 25 heavy (non-hydrogen) atoms. The third-order valence-electron chi connectivity index (χ3n) is 5.11. The van der Waals surface area contributed by atoms with E-state index >= 15 is 0 Å². The third kappa shape index (κ3) is 3.13. The summed E-state index contributed by atoms with van der Waals surface area (Å²) in [7, 11) is 1.41. The number of esters is 1. The van der Waals surface area contributed by atoms with Crippen LogP contribution in [0.3, 0.4) is 0 Å². The van der Waals surface area contributed by atoms with E-state index in [9.17, 15) is 9.59 Å². The Morgan fingerprint density at radius 3 is 2.56 bits per heavy atom. The number of hydrogen-bond donors (Lipinski definition) is 0. The number of benzene rings is 1. The van der Waals surface area contributed by atoms with Crippen molar-refractivity contribution in [1.29, 1.82) is 0 Å². The Labute approximate surface area is 152 Å². The first-order valence-electron chi connectivity index (χ1n) is 8.63. The number of likely N-dealkylation sites (tertiary alicyclic amines) is 1. The second-order valence-electron chi connectivity index (χ2n) is 6.47. The van der Waals surface area contributed by atoms with Gasteiger partial charge in [-0.15, -0.1) is 0 Å². The van der Waals surface area contributed by atoms with Crippen molar-refractivity contribution in [2.24, 2.45) is 5.92 Å². The fourth-order valence-corrected chi connectivity index (χ4v) is 3.91. The molecule has 1 aliphatic heterocycles. The molecule has 0 bridgehead atoms. The molecule has 134 valence electrons. The summed E-state index contributed by atoms with van der Waals surface area (Å²) in [6.45, 7) is 5.87. The highest BCUT2D eigenvalue weighted by molar-refractivity contribution is 6.31. The van der Waals surface area contributed by atoms with Crippen LogP contribution in [-0.4, -0.2) is 41.5 Å². The van der Waals surface area contributed by atoms with Crippen LogP contribution in [0.25, 0.3) is 10.9 Å². The Balaban J connectivity index is 1.90. The number of fused-ring (bicyclic) bond motifs is 1. The zero-order chi connectivity index (χ0) is 18.1. The van der Waals surface area contributed by atoms with Crippen molar-refractivity contribution < 1.29 is 14.3 Å². The van der Waals surface area contributed by atoms with E-state index in [1.165, 1.54) is 7.11 Å². The Morgan fingerprint density at radius 1 is 1.28 bits per heavy atom. The predicted octanol–water partition coefficient (Wildman–Crippen LogP) is 3.65. The highest BCUT2D eigenvalue weighted by Gasteiger charge is 2.30. The van der Waals surface area contributed by atoms with Crippen LogP contribution in [0.15, 0.2) is 18.2 Å². The van der Waals surface area contributed by atoms with Gasteiger partial charge in [0.25, 0.3) is 5.91 Å². The summed E-state index contributed by atoms with van der Waals surface area (Å²) < 4.78 is 6.87. The Hall–Kier alpha value is -2.01. The molecule has 1 aromatic heterocycles. The molecule has 2 aromatic rings. The lowest BCUT2D eigenvalue weighted by atomic mass is 9.96. The van der Waals surface area contributed by atoms with E-state index < -0.39 is 0 Å².